The summed E-state index contributed by atoms with van der Waals surface area (Å²) in [6, 6.07) is 12.5. The highest BCUT2D eigenvalue weighted by Crippen LogP contribution is 2.28. The highest BCUT2D eigenvalue weighted by molar-refractivity contribution is 5.87. The Balaban J connectivity index is 2.17. The molecule has 0 spiro atoms. The van der Waals surface area contributed by atoms with Gasteiger partial charge in [0.25, 0.3) is 0 Å². The number of ether oxygens (including phenoxy) is 3. The van der Waals surface area contributed by atoms with Crippen molar-refractivity contribution in [3.8, 4) is 17.2 Å². The average molecular weight is 443 g/mol. The number of aryl methyl sites for hydroxylation is 1. The quantitative estimate of drug-likeness (QED) is 0.576. The summed E-state index contributed by atoms with van der Waals surface area (Å²) in [7, 11) is 4.78. The van der Waals surface area contributed by atoms with Crippen LogP contribution in [-0.4, -0.2) is 50.1 Å². The lowest BCUT2D eigenvalue weighted by atomic mass is 10.1. The van der Waals surface area contributed by atoms with E-state index < -0.39 is 6.04 Å². The molecule has 0 radical (unpaired) electrons. The Labute approximate surface area is 190 Å². The van der Waals surface area contributed by atoms with Gasteiger partial charge in [-0.3, -0.25) is 9.59 Å². The van der Waals surface area contributed by atoms with Crippen LogP contribution in [0.1, 0.15) is 38.3 Å². The Morgan fingerprint density at radius 1 is 0.875 bits per heavy atom. The van der Waals surface area contributed by atoms with E-state index in [1.807, 2.05) is 56.3 Å². The van der Waals surface area contributed by atoms with E-state index in [4.69, 9.17) is 14.2 Å². The molecule has 0 heterocycles. The van der Waals surface area contributed by atoms with Gasteiger partial charge in [0.1, 0.15) is 11.8 Å². The van der Waals surface area contributed by atoms with E-state index in [9.17, 15) is 9.59 Å². The lowest BCUT2D eigenvalue weighted by Gasteiger charge is -2.29. The zero-order valence-corrected chi connectivity index (χ0v) is 19.8. The molecule has 0 aliphatic heterocycles. The molecular weight excluding hydrogens is 408 g/mol. The minimum absolute atomic E-state index is 0.00495. The monoisotopic (exact) mass is 442 g/mol. The third-order valence-electron chi connectivity index (χ3n) is 5.19. The number of hydrogen-bond acceptors (Lipinski definition) is 5. The van der Waals surface area contributed by atoms with Crippen molar-refractivity contribution in [2.45, 2.75) is 52.2 Å². The zero-order chi connectivity index (χ0) is 23.7. The second-order valence-electron chi connectivity index (χ2n) is 7.90. The first kappa shape index (κ1) is 25.0. The molecule has 7 heteroatoms. The largest absolute Gasteiger partial charge is 0.497 e. The van der Waals surface area contributed by atoms with E-state index >= 15 is 0 Å². The summed E-state index contributed by atoms with van der Waals surface area (Å²) in [4.78, 5) is 27.5. The van der Waals surface area contributed by atoms with Gasteiger partial charge in [0.15, 0.2) is 11.5 Å². The highest BCUT2D eigenvalue weighted by Gasteiger charge is 2.26. The van der Waals surface area contributed by atoms with E-state index in [-0.39, 0.29) is 24.3 Å². The molecule has 0 aromatic heterocycles. The second kappa shape index (κ2) is 12.0. The van der Waals surface area contributed by atoms with Crippen LogP contribution in [0.5, 0.6) is 17.2 Å². The van der Waals surface area contributed by atoms with Gasteiger partial charge in [-0.05, 0) is 62.6 Å². The van der Waals surface area contributed by atoms with Crippen molar-refractivity contribution in [2.24, 2.45) is 0 Å². The molecule has 174 valence electrons. The molecular formula is C25H34N2O5. The zero-order valence-electron chi connectivity index (χ0n) is 19.8. The van der Waals surface area contributed by atoms with E-state index in [2.05, 4.69) is 5.32 Å². The number of carbonyl (C=O) groups excluding carboxylic acids is 2. The van der Waals surface area contributed by atoms with E-state index in [1.54, 1.807) is 33.2 Å². The number of benzene rings is 2. The molecule has 0 unspecified atom stereocenters. The number of nitrogens with one attached hydrogen (secondary N) is 1. The van der Waals surface area contributed by atoms with Crippen LogP contribution in [0.3, 0.4) is 0 Å². The topological polar surface area (TPSA) is 77.1 Å². The molecule has 0 saturated carbocycles. The maximum Gasteiger partial charge on any atom is 0.242 e. The van der Waals surface area contributed by atoms with Crippen LogP contribution in [0.25, 0.3) is 0 Å². The van der Waals surface area contributed by atoms with Crippen molar-refractivity contribution < 1.29 is 23.8 Å². The van der Waals surface area contributed by atoms with Gasteiger partial charge in [-0.2, -0.15) is 0 Å². The van der Waals surface area contributed by atoms with Crippen molar-refractivity contribution in [1.29, 1.82) is 0 Å². The number of amides is 2. The van der Waals surface area contributed by atoms with Crippen molar-refractivity contribution in [3.05, 3.63) is 53.6 Å². The van der Waals surface area contributed by atoms with Gasteiger partial charge in [0.2, 0.25) is 11.8 Å². The molecule has 2 amide bonds. The highest BCUT2D eigenvalue weighted by atomic mass is 16.5. The summed E-state index contributed by atoms with van der Waals surface area (Å²) in [5, 5.41) is 2.90. The number of methoxy groups -OCH3 is 3. The molecule has 7 nitrogen and oxygen atoms in total. The fraction of sp³-hybridized carbons (Fsp3) is 0.440. The Kier molecular flexibility index (Phi) is 9.38. The molecule has 2 aromatic carbocycles. The summed E-state index contributed by atoms with van der Waals surface area (Å²) in [6.07, 6.45) is 0.793. The smallest absolute Gasteiger partial charge is 0.242 e. The van der Waals surface area contributed by atoms with Crippen LogP contribution >= 0.6 is 0 Å². The molecule has 32 heavy (non-hydrogen) atoms. The number of rotatable bonds is 11. The van der Waals surface area contributed by atoms with Gasteiger partial charge >= 0.3 is 0 Å². The fourth-order valence-corrected chi connectivity index (χ4v) is 3.35. The molecule has 0 saturated heterocycles. The van der Waals surface area contributed by atoms with Gasteiger partial charge in [0.05, 0.1) is 21.3 Å². The fourth-order valence-electron chi connectivity index (χ4n) is 3.35. The van der Waals surface area contributed by atoms with E-state index in [1.165, 1.54) is 0 Å². The number of nitrogens with zero attached hydrogens (tertiary/aromatic N) is 1. The predicted molar refractivity (Wildman–Crippen MR) is 124 cm³/mol. The van der Waals surface area contributed by atoms with Crippen LogP contribution in [0.15, 0.2) is 42.5 Å². The minimum Gasteiger partial charge on any atom is -0.497 e. The Hall–Kier alpha value is -3.22. The maximum atomic E-state index is 13.2. The van der Waals surface area contributed by atoms with Crippen molar-refractivity contribution in [1.82, 2.24) is 10.2 Å². The van der Waals surface area contributed by atoms with Crippen LogP contribution < -0.4 is 19.5 Å². The summed E-state index contributed by atoms with van der Waals surface area (Å²) in [6.45, 7) is 5.89. The van der Waals surface area contributed by atoms with Gasteiger partial charge in [0, 0.05) is 19.0 Å². The minimum atomic E-state index is -0.600. The summed E-state index contributed by atoms with van der Waals surface area (Å²) in [5.74, 6) is 1.74. The van der Waals surface area contributed by atoms with E-state index in [0.717, 1.165) is 16.9 Å². The van der Waals surface area contributed by atoms with Crippen LogP contribution in [0, 0.1) is 0 Å². The van der Waals surface area contributed by atoms with Crippen molar-refractivity contribution >= 4 is 11.8 Å². The third-order valence-corrected chi connectivity index (χ3v) is 5.19. The summed E-state index contributed by atoms with van der Waals surface area (Å²) in [5.41, 5.74) is 1.88. The molecule has 0 aliphatic rings. The average Bonchev–Trinajstić information content (AvgIpc) is 2.80. The van der Waals surface area contributed by atoms with E-state index in [0.29, 0.717) is 24.5 Å². The first-order chi connectivity index (χ1) is 15.3. The molecule has 2 rings (SSSR count). The normalized spacial score (nSPS) is 11.6. The van der Waals surface area contributed by atoms with Gasteiger partial charge < -0.3 is 24.4 Å². The Bertz CT molecular complexity index is 896. The molecule has 0 bridgehead atoms. The molecule has 0 aliphatic carbocycles. The second-order valence-corrected chi connectivity index (χ2v) is 7.90. The lowest BCUT2D eigenvalue weighted by Crippen LogP contribution is -2.49. The van der Waals surface area contributed by atoms with Gasteiger partial charge in [-0.15, -0.1) is 0 Å². The van der Waals surface area contributed by atoms with Crippen molar-refractivity contribution in [3.63, 3.8) is 0 Å². The maximum absolute atomic E-state index is 13.2. The lowest BCUT2D eigenvalue weighted by molar-refractivity contribution is -0.140. The molecule has 1 N–H and O–H groups in total. The number of hydrogen-bond donors (Lipinski definition) is 1. The summed E-state index contributed by atoms with van der Waals surface area (Å²) < 4.78 is 15.8. The van der Waals surface area contributed by atoms with Crippen LogP contribution in [0.2, 0.25) is 0 Å². The Morgan fingerprint density at radius 3 is 2.06 bits per heavy atom. The Morgan fingerprint density at radius 2 is 1.50 bits per heavy atom. The molecule has 2 aromatic rings. The van der Waals surface area contributed by atoms with Crippen LogP contribution in [0.4, 0.5) is 0 Å². The number of carbonyl (C=O) groups is 2. The summed E-state index contributed by atoms with van der Waals surface area (Å²) >= 11 is 0. The standard InChI is InChI=1S/C25H34N2O5/c1-17(2)26-25(29)18(3)27(16-20-7-11-21(30-4)12-8-20)24(28)14-10-19-9-13-22(31-5)23(15-19)32-6/h7-9,11-13,15,17-18H,10,14,16H2,1-6H3,(H,26,29)/t18-/m0/s1. The third kappa shape index (κ3) is 6.90. The van der Waals surface area contributed by atoms with Gasteiger partial charge in [-0.25, -0.2) is 0 Å². The molecule has 0 fully saturated rings. The SMILES string of the molecule is COc1ccc(CN(C(=O)CCc2ccc(OC)c(OC)c2)[C@@H](C)C(=O)NC(C)C)cc1. The first-order valence-electron chi connectivity index (χ1n) is 10.7. The molecule has 1 atom stereocenters. The van der Waals surface area contributed by atoms with Crippen molar-refractivity contribution in [2.75, 3.05) is 21.3 Å². The first-order valence-corrected chi connectivity index (χ1v) is 10.7. The van der Waals surface area contributed by atoms with Crippen LogP contribution in [-0.2, 0) is 22.6 Å². The van der Waals surface area contributed by atoms with Gasteiger partial charge in [-0.1, -0.05) is 18.2 Å². The predicted octanol–water partition coefficient (Wildman–Crippen LogP) is 3.59.